The molecule has 1 aromatic heterocycles. The van der Waals surface area contributed by atoms with Gasteiger partial charge < -0.3 is 10.3 Å². The minimum atomic E-state index is -3.30. The fourth-order valence-electron chi connectivity index (χ4n) is 2.02. The van der Waals surface area contributed by atoms with E-state index in [0.717, 1.165) is 30.0 Å². The van der Waals surface area contributed by atoms with Crippen molar-refractivity contribution in [2.45, 2.75) is 18.9 Å². The second-order valence-electron chi connectivity index (χ2n) is 5.11. The zero-order valence-corrected chi connectivity index (χ0v) is 11.8. The lowest BCUT2D eigenvalue weighted by Gasteiger charge is -2.02. The Kier molecular flexibility index (Phi) is 2.93. The maximum atomic E-state index is 11.9. The summed E-state index contributed by atoms with van der Waals surface area (Å²) in [7, 11) is -3.30. The van der Waals surface area contributed by atoms with Crippen molar-refractivity contribution in [3.8, 4) is 0 Å². The van der Waals surface area contributed by atoms with Crippen molar-refractivity contribution in [2.75, 3.05) is 11.0 Å². The van der Waals surface area contributed by atoms with Gasteiger partial charge in [0.05, 0.1) is 6.26 Å². The van der Waals surface area contributed by atoms with Crippen molar-refractivity contribution in [1.82, 2.24) is 10.3 Å². The monoisotopic (exact) mass is 293 g/mol. The highest BCUT2D eigenvalue weighted by Gasteiger charge is 2.24. The van der Waals surface area contributed by atoms with Crippen LogP contribution in [-0.2, 0) is 10.0 Å². The largest absolute Gasteiger partial charge is 0.351 e. The molecule has 106 valence electrons. The van der Waals surface area contributed by atoms with E-state index in [1.807, 2.05) is 0 Å². The number of aromatic amines is 1. The average Bonchev–Trinajstić information content (AvgIpc) is 3.04. The summed E-state index contributed by atoms with van der Waals surface area (Å²) in [5.41, 5.74) is 1.77. The number of fused-ring (bicyclic) bond motifs is 1. The van der Waals surface area contributed by atoms with Crippen LogP contribution < -0.4 is 10.0 Å². The van der Waals surface area contributed by atoms with Crippen molar-refractivity contribution in [2.24, 2.45) is 0 Å². The molecule has 0 spiro atoms. The summed E-state index contributed by atoms with van der Waals surface area (Å²) in [6, 6.07) is 7.12. The molecule has 0 bridgehead atoms. The van der Waals surface area contributed by atoms with Crippen LogP contribution in [0.4, 0.5) is 5.69 Å². The molecule has 1 aromatic carbocycles. The van der Waals surface area contributed by atoms with Crippen LogP contribution in [0.5, 0.6) is 0 Å². The molecule has 1 aliphatic carbocycles. The molecule has 0 atom stereocenters. The Morgan fingerprint density at radius 1 is 1.30 bits per heavy atom. The first-order valence-electron chi connectivity index (χ1n) is 6.32. The number of hydrogen-bond donors (Lipinski definition) is 3. The first-order chi connectivity index (χ1) is 9.40. The first-order valence-corrected chi connectivity index (χ1v) is 8.21. The lowest BCUT2D eigenvalue weighted by atomic mass is 10.2. The van der Waals surface area contributed by atoms with E-state index in [-0.39, 0.29) is 5.91 Å². The highest BCUT2D eigenvalue weighted by molar-refractivity contribution is 7.92. The molecule has 2 aromatic rings. The summed E-state index contributed by atoms with van der Waals surface area (Å²) in [4.78, 5) is 15.0. The molecule has 7 heteroatoms. The van der Waals surface area contributed by atoms with Crippen molar-refractivity contribution in [3.05, 3.63) is 30.0 Å². The van der Waals surface area contributed by atoms with Crippen LogP contribution in [0.3, 0.4) is 0 Å². The van der Waals surface area contributed by atoms with Crippen molar-refractivity contribution < 1.29 is 13.2 Å². The smallest absolute Gasteiger partial charge is 0.267 e. The SMILES string of the molecule is CS(=O)(=O)Nc1ccc2[nH]c(C(=O)NC3CC3)cc2c1. The Morgan fingerprint density at radius 2 is 2.05 bits per heavy atom. The number of nitrogens with one attached hydrogen (secondary N) is 3. The van der Waals surface area contributed by atoms with Gasteiger partial charge >= 0.3 is 0 Å². The summed E-state index contributed by atoms with van der Waals surface area (Å²) in [5.74, 6) is -0.124. The number of anilines is 1. The fraction of sp³-hybridized carbons (Fsp3) is 0.308. The number of carbonyl (C=O) groups excluding carboxylic acids is 1. The second-order valence-corrected chi connectivity index (χ2v) is 6.86. The molecule has 1 saturated carbocycles. The zero-order chi connectivity index (χ0) is 14.3. The Balaban J connectivity index is 1.88. The van der Waals surface area contributed by atoms with E-state index in [2.05, 4.69) is 15.0 Å². The quantitative estimate of drug-likeness (QED) is 0.796. The fourth-order valence-corrected chi connectivity index (χ4v) is 2.58. The van der Waals surface area contributed by atoms with Gasteiger partial charge in [-0.05, 0) is 37.1 Å². The highest BCUT2D eigenvalue weighted by Crippen LogP contribution is 2.22. The van der Waals surface area contributed by atoms with Crippen LogP contribution in [0.25, 0.3) is 10.9 Å². The van der Waals surface area contributed by atoms with E-state index in [1.165, 1.54) is 0 Å². The molecule has 3 N–H and O–H groups in total. The van der Waals surface area contributed by atoms with E-state index in [4.69, 9.17) is 0 Å². The number of aromatic nitrogens is 1. The Labute approximate surface area is 116 Å². The average molecular weight is 293 g/mol. The van der Waals surface area contributed by atoms with Gasteiger partial charge in [-0.1, -0.05) is 0 Å². The van der Waals surface area contributed by atoms with Crippen molar-refractivity contribution >= 4 is 32.5 Å². The van der Waals surface area contributed by atoms with Crippen LogP contribution in [0.15, 0.2) is 24.3 Å². The van der Waals surface area contributed by atoms with Gasteiger partial charge in [0.2, 0.25) is 10.0 Å². The number of H-pyrrole nitrogens is 1. The van der Waals surface area contributed by atoms with Crippen molar-refractivity contribution in [3.63, 3.8) is 0 Å². The third-order valence-electron chi connectivity index (χ3n) is 3.08. The highest BCUT2D eigenvalue weighted by atomic mass is 32.2. The van der Waals surface area contributed by atoms with Gasteiger partial charge in [-0.25, -0.2) is 8.42 Å². The molecule has 1 aliphatic rings. The van der Waals surface area contributed by atoms with Gasteiger partial charge in [-0.3, -0.25) is 9.52 Å². The molecule has 20 heavy (non-hydrogen) atoms. The Hall–Kier alpha value is -2.02. The summed E-state index contributed by atoms with van der Waals surface area (Å²) in [6.45, 7) is 0. The summed E-state index contributed by atoms with van der Waals surface area (Å²) in [6.07, 6.45) is 3.17. The van der Waals surface area contributed by atoms with Gasteiger partial charge in [0.15, 0.2) is 0 Å². The predicted molar refractivity (Wildman–Crippen MR) is 77.3 cm³/mol. The molecule has 1 heterocycles. The normalized spacial score (nSPS) is 15.2. The van der Waals surface area contributed by atoms with Gasteiger partial charge in [-0.2, -0.15) is 0 Å². The Morgan fingerprint density at radius 3 is 2.70 bits per heavy atom. The number of hydrogen-bond acceptors (Lipinski definition) is 3. The molecular weight excluding hydrogens is 278 g/mol. The number of sulfonamides is 1. The number of rotatable bonds is 4. The van der Waals surface area contributed by atoms with Crippen LogP contribution in [0.2, 0.25) is 0 Å². The molecule has 1 fully saturated rings. The van der Waals surface area contributed by atoms with Gasteiger partial charge in [0, 0.05) is 22.6 Å². The summed E-state index contributed by atoms with van der Waals surface area (Å²) < 4.78 is 24.8. The van der Waals surface area contributed by atoms with Gasteiger partial charge in [-0.15, -0.1) is 0 Å². The van der Waals surface area contributed by atoms with Crippen LogP contribution in [0.1, 0.15) is 23.3 Å². The minimum absolute atomic E-state index is 0.124. The van der Waals surface area contributed by atoms with E-state index >= 15 is 0 Å². The van der Waals surface area contributed by atoms with Gasteiger partial charge in [0.1, 0.15) is 5.69 Å². The molecule has 3 rings (SSSR count). The van der Waals surface area contributed by atoms with E-state index in [9.17, 15) is 13.2 Å². The third kappa shape index (κ3) is 2.93. The zero-order valence-electron chi connectivity index (χ0n) is 10.9. The molecule has 0 aliphatic heterocycles. The number of benzene rings is 1. The van der Waals surface area contributed by atoms with Gasteiger partial charge in [0.25, 0.3) is 5.91 Å². The Bertz CT molecular complexity index is 775. The third-order valence-corrected chi connectivity index (χ3v) is 3.69. The second kappa shape index (κ2) is 4.52. The summed E-state index contributed by atoms with van der Waals surface area (Å²) >= 11 is 0. The standard InChI is InChI=1S/C13H15N3O3S/c1-20(18,19)16-10-4-5-11-8(6-10)7-12(15-11)13(17)14-9-2-3-9/h4-7,9,15-16H,2-3H2,1H3,(H,14,17). The topological polar surface area (TPSA) is 91.1 Å². The van der Waals surface area contributed by atoms with E-state index in [0.29, 0.717) is 17.4 Å². The molecule has 0 saturated heterocycles. The van der Waals surface area contributed by atoms with Crippen LogP contribution >= 0.6 is 0 Å². The predicted octanol–water partition coefficient (Wildman–Crippen LogP) is 1.43. The summed E-state index contributed by atoms with van der Waals surface area (Å²) in [5, 5.41) is 3.69. The number of carbonyl (C=O) groups is 1. The van der Waals surface area contributed by atoms with Crippen LogP contribution in [0, 0.1) is 0 Å². The molecule has 0 unspecified atom stereocenters. The molecule has 1 amide bonds. The van der Waals surface area contributed by atoms with E-state index < -0.39 is 10.0 Å². The maximum absolute atomic E-state index is 11.9. The number of amides is 1. The maximum Gasteiger partial charge on any atom is 0.267 e. The molecule has 0 radical (unpaired) electrons. The minimum Gasteiger partial charge on any atom is -0.351 e. The lowest BCUT2D eigenvalue weighted by molar-refractivity contribution is 0.0947. The van der Waals surface area contributed by atoms with Crippen molar-refractivity contribution in [1.29, 1.82) is 0 Å². The first kappa shape index (κ1) is 13.0. The van der Waals surface area contributed by atoms with Crippen LogP contribution in [-0.4, -0.2) is 31.6 Å². The lowest BCUT2D eigenvalue weighted by Crippen LogP contribution is -2.25. The molecular formula is C13H15N3O3S. The van der Waals surface area contributed by atoms with E-state index in [1.54, 1.807) is 24.3 Å². The molecule has 6 nitrogen and oxygen atoms in total.